The van der Waals surface area contributed by atoms with E-state index in [0.29, 0.717) is 19.5 Å². The summed E-state index contributed by atoms with van der Waals surface area (Å²) in [5.41, 5.74) is 0. The van der Waals surface area contributed by atoms with Gasteiger partial charge >= 0.3 is 23.9 Å². The number of aliphatic carboxylic acids is 4. The highest BCUT2D eigenvalue weighted by atomic mass is 16.4. The molecule has 8 N–H and O–H groups in total. The second-order valence-electron chi connectivity index (χ2n) is 7.73. The summed E-state index contributed by atoms with van der Waals surface area (Å²) in [6, 6.07) is 0. The van der Waals surface area contributed by atoms with Crippen molar-refractivity contribution in [1.82, 2.24) is 10.6 Å². The zero-order valence-electron chi connectivity index (χ0n) is 21.6. The van der Waals surface area contributed by atoms with Gasteiger partial charge in [-0.3, -0.25) is 28.8 Å². The maximum Gasteiger partial charge on any atom is 0.303 e. The molecule has 0 fully saturated rings. The van der Waals surface area contributed by atoms with Crippen molar-refractivity contribution >= 4 is 35.7 Å². The predicted octanol–water partition coefficient (Wildman–Crippen LogP) is 0.752. The Balaban J connectivity index is -0.000000623. The van der Waals surface area contributed by atoms with E-state index in [0.717, 1.165) is 44.9 Å². The van der Waals surface area contributed by atoms with E-state index in [1.54, 1.807) is 0 Å². The standard InChI is InChI=1S/C16H30N2O4.2C4H6O4/c19-13-11-17-15(21)9-7-5-3-1-2-4-6-8-10-16(22)18-12-14-20;2*5-3(6)1-2-4(7)8/h7,9,19-20H,1-6,8,10-14H2,(H,17,21)(H,18,22);2*1-2H2,(H,5,6)(H,7,8). The molecule has 0 rings (SSSR count). The number of rotatable bonds is 20. The summed E-state index contributed by atoms with van der Waals surface area (Å²) < 4.78 is 0. The van der Waals surface area contributed by atoms with Gasteiger partial charge in [0.2, 0.25) is 11.8 Å². The normalized spacial score (nSPS) is 9.84. The molecule has 0 atom stereocenters. The van der Waals surface area contributed by atoms with Gasteiger partial charge in [-0.05, 0) is 25.3 Å². The summed E-state index contributed by atoms with van der Waals surface area (Å²) in [5, 5.41) is 53.9. The molecule has 0 aliphatic carbocycles. The molecule has 0 radical (unpaired) electrons. The van der Waals surface area contributed by atoms with Crippen LogP contribution < -0.4 is 10.6 Å². The second kappa shape index (κ2) is 29.7. The molecule has 0 spiro atoms. The molecule has 38 heavy (non-hydrogen) atoms. The zero-order chi connectivity index (χ0) is 29.6. The second-order valence-corrected chi connectivity index (χ2v) is 7.73. The Morgan fingerprint density at radius 2 is 0.921 bits per heavy atom. The molecule has 0 aliphatic heterocycles. The molecule has 2 amide bonds. The van der Waals surface area contributed by atoms with Gasteiger partial charge in [0.25, 0.3) is 0 Å². The maximum absolute atomic E-state index is 11.3. The number of hydrogen-bond acceptors (Lipinski definition) is 8. The predicted molar refractivity (Wildman–Crippen MR) is 135 cm³/mol. The average molecular weight is 551 g/mol. The third kappa shape index (κ3) is 42.6. The first-order valence-corrected chi connectivity index (χ1v) is 12.3. The lowest BCUT2D eigenvalue weighted by molar-refractivity contribution is -0.143. The molecular formula is C24H42N2O12. The minimum atomic E-state index is -1.08. The van der Waals surface area contributed by atoms with Gasteiger partial charge in [-0.1, -0.05) is 31.8 Å². The fourth-order valence-electron chi connectivity index (χ4n) is 2.39. The Bertz CT molecular complexity index is 655. The summed E-state index contributed by atoms with van der Waals surface area (Å²) in [6.07, 6.45) is 9.99. The number of allylic oxidation sites excluding steroid dienone is 1. The molecule has 0 aromatic carbocycles. The van der Waals surface area contributed by atoms with Crippen molar-refractivity contribution in [1.29, 1.82) is 0 Å². The van der Waals surface area contributed by atoms with Crippen LogP contribution in [0.5, 0.6) is 0 Å². The van der Waals surface area contributed by atoms with Gasteiger partial charge in [-0.25, -0.2) is 0 Å². The number of amides is 2. The fraction of sp³-hybridized carbons (Fsp3) is 0.667. The van der Waals surface area contributed by atoms with Gasteiger partial charge < -0.3 is 41.3 Å². The number of carbonyl (C=O) groups excluding carboxylic acids is 2. The van der Waals surface area contributed by atoms with Crippen molar-refractivity contribution in [3.63, 3.8) is 0 Å². The summed E-state index contributed by atoms with van der Waals surface area (Å²) in [6.45, 7) is 0.581. The molecule has 220 valence electrons. The number of aliphatic hydroxyl groups excluding tert-OH is 2. The van der Waals surface area contributed by atoms with Crippen LogP contribution in [0.25, 0.3) is 0 Å². The molecule has 14 nitrogen and oxygen atoms in total. The number of carbonyl (C=O) groups is 6. The van der Waals surface area contributed by atoms with E-state index in [1.807, 2.05) is 6.08 Å². The van der Waals surface area contributed by atoms with Crippen LogP contribution in [0.2, 0.25) is 0 Å². The van der Waals surface area contributed by atoms with Gasteiger partial charge in [0.05, 0.1) is 38.9 Å². The maximum atomic E-state index is 11.3. The molecule has 0 saturated heterocycles. The van der Waals surface area contributed by atoms with E-state index < -0.39 is 23.9 Å². The van der Waals surface area contributed by atoms with E-state index >= 15 is 0 Å². The summed E-state index contributed by atoms with van der Waals surface area (Å²) in [7, 11) is 0. The molecule has 0 saturated carbocycles. The van der Waals surface area contributed by atoms with Crippen molar-refractivity contribution < 1.29 is 59.4 Å². The fourth-order valence-corrected chi connectivity index (χ4v) is 2.39. The van der Waals surface area contributed by atoms with E-state index in [9.17, 15) is 28.8 Å². The van der Waals surface area contributed by atoms with Gasteiger partial charge in [0, 0.05) is 19.5 Å². The highest BCUT2D eigenvalue weighted by Crippen LogP contribution is 2.08. The molecule has 0 aromatic rings. The number of aliphatic hydroxyl groups is 2. The zero-order valence-corrected chi connectivity index (χ0v) is 21.6. The van der Waals surface area contributed by atoms with Gasteiger partial charge in [-0.2, -0.15) is 0 Å². The molecule has 0 bridgehead atoms. The number of unbranched alkanes of at least 4 members (excludes halogenated alkanes) is 6. The quantitative estimate of drug-likeness (QED) is 0.0772. The monoisotopic (exact) mass is 550 g/mol. The summed E-state index contributed by atoms with van der Waals surface area (Å²) >= 11 is 0. The number of nitrogens with one attached hydrogen (secondary N) is 2. The number of carboxylic acids is 4. The lowest BCUT2D eigenvalue weighted by Crippen LogP contribution is -2.25. The molecule has 0 heterocycles. The smallest absolute Gasteiger partial charge is 0.303 e. The van der Waals surface area contributed by atoms with Gasteiger partial charge in [0.15, 0.2) is 0 Å². The third-order valence-corrected chi connectivity index (χ3v) is 4.24. The Labute approximate surface area is 221 Å². The van der Waals surface area contributed by atoms with Crippen LogP contribution in [0, 0.1) is 0 Å². The van der Waals surface area contributed by atoms with Crippen molar-refractivity contribution in [3.05, 3.63) is 12.2 Å². The van der Waals surface area contributed by atoms with E-state index in [1.165, 1.54) is 6.08 Å². The van der Waals surface area contributed by atoms with Crippen molar-refractivity contribution in [2.75, 3.05) is 26.3 Å². The van der Waals surface area contributed by atoms with Crippen molar-refractivity contribution in [2.45, 2.75) is 77.0 Å². The van der Waals surface area contributed by atoms with Gasteiger partial charge in [0.1, 0.15) is 0 Å². The molecule has 0 unspecified atom stereocenters. The molecular weight excluding hydrogens is 508 g/mol. The molecule has 14 heteroatoms. The van der Waals surface area contributed by atoms with Crippen LogP contribution in [-0.2, 0) is 28.8 Å². The highest BCUT2D eigenvalue weighted by molar-refractivity contribution is 5.87. The summed E-state index contributed by atoms with van der Waals surface area (Å²) in [4.78, 5) is 61.0. The third-order valence-electron chi connectivity index (χ3n) is 4.24. The largest absolute Gasteiger partial charge is 0.481 e. The average Bonchev–Trinajstić information content (AvgIpc) is 2.85. The molecule has 0 aromatic heterocycles. The first-order valence-electron chi connectivity index (χ1n) is 12.3. The lowest BCUT2D eigenvalue weighted by atomic mass is 10.1. The van der Waals surface area contributed by atoms with E-state index in [4.69, 9.17) is 30.6 Å². The number of carboxylic acid groups (broad SMARTS) is 4. The first kappa shape index (κ1) is 39.0. The Morgan fingerprint density at radius 1 is 0.526 bits per heavy atom. The Kier molecular flexibility index (Phi) is 30.5. The van der Waals surface area contributed by atoms with Crippen molar-refractivity contribution in [2.24, 2.45) is 0 Å². The first-order chi connectivity index (χ1) is 18.0. The number of hydrogen-bond donors (Lipinski definition) is 8. The Morgan fingerprint density at radius 3 is 1.34 bits per heavy atom. The lowest BCUT2D eigenvalue weighted by Gasteiger charge is -2.03. The summed E-state index contributed by atoms with van der Waals surface area (Å²) in [5.74, 6) is -4.45. The minimum Gasteiger partial charge on any atom is -0.481 e. The topological polar surface area (TPSA) is 248 Å². The van der Waals surface area contributed by atoms with Crippen LogP contribution in [0.1, 0.15) is 77.0 Å². The van der Waals surface area contributed by atoms with Crippen LogP contribution in [-0.4, -0.2) is 92.6 Å². The van der Waals surface area contributed by atoms with E-state index in [-0.39, 0.29) is 50.7 Å². The SMILES string of the molecule is O=C(C=CCCCCCCCCC(=O)NCCO)NCCO.O=C(O)CCC(=O)O.O=C(O)CCC(=O)O. The van der Waals surface area contributed by atoms with Gasteiger partial charge in [-0.15, -0.1) is 0 Å². The van der Waals surface area contributed by atoms with Crippen LogP contribution >= 0.6 is 0 Å². The molecule has 0 aliphatic rings. The highest BCUT2D eigenvalue weighted by Gasteiger charge is 2.01. The van der Waals surface area contributed by atoms with Crippen LogP contribution in [0.15, 0.2) is 12.2 Å². The van der Waals surface area contributed by atoms with Crippen molar-refractivity contribution in [3.8, 4) is 0 Å². The Hall–Kier alpha value is -3.52. The van der Waals surface area contributed by atoms with Crippen LogP contribution in [0.3, 0.4) is 0 Å². The minimum absolute atomic E-state index is 0.0106. The van der Waals surface area contributed by atoms with E-state index in [2.05, 4.69) is 10.6 Å². The van der Waals surface area contributed by atoms with Crippen LogP contribution in [0.4, 0.5) is 0 Å².